The quantitative estimate of drug-likeness (QED) is 0.545. The van der Waals surface area contributed by atoms with E-state index < -0.39 is 5.97 Å². The van der Waals surface area contributed by atoms with Gasteiger partial charge in [0.25, 0.3) is 0 Å². The van der Waals surface area contributed by atoms with Gasteiger partial charge in [0.2, 0.25) is 0 Å². The highest BCUT2D eigenvalue weighted by Crippen LogP contribution is 2.33. The zero-order valence-electron chi connectivity index (χ0n) is 18.4. The number of aromatic nitrogens is 3. The van der Waals surface area contributed by atoms with Crippen molar-refractivity contribution in [2.24, 2.45) is 0 Å². The van der Waals surface area contributed by atoms with Gasteiger partial charge in [0.05, 0.1) is 23.9 Å². The number of nitrogens with zero attached hydrogens (tertiary/aromatic N) is 3. The second kappa shape index (κ2) is 9.60. The van der Waals surface area contributed by atoms with Crippen molar-refractivity contribution in [1.29, 1.82) is 0 Å². The summed E-state index contributed by atoms with van der Waals surface area (Å²) in [7, 11) is 0. The molecule has 0 unspecified atom stereocenters. The average Bonchev–Trinajstić information content (AvgIpc) is 3.18. The van der Waals surface area contributed by atoms with Crippen LogP contribution in [0.1, 0.15) is 68.0 Å². The first-order valence-corrected chi connectivity index (χ1v) is 11.3. The number of hydrogen-bond acceptors (Lipinski definition) is 4. The number of hydrogen-bond donors (Lipinski definition) is 1. The summed E-state index contributed by atoms with van der Waals surface area (Å²) in [5, 5.41) is 14.3. The van der Waals surface area contributed by atoms with Crippen LogP contribution in [0.2, 0.25) is 0 Å². The molecule has 164 valence electrons. The molecule has 6 nitrogen and oxygen atoms in total. The van der Waals surface area contributed by atoms with Crippen molar-refractivity contribution < 1.29 is 14.6 Å². The summed E-state index contributed by atoms with van der Waals surface area (Å²) < 4.78 is 8.29. The summed E-state index contributed by atoms with van der Waals surface area (Å²) in [6.07, 6.45) is 11.2. The predicted molar refractivity (Wildman–Crippen MR) is 120 cm³/mol. The highest BCUT2D eigenvalue weighted by molar-refractivity contribution is 5.84. The minimum Gasteiger partial charge on any atom is -0.481 e. The van der Waals surface area contributed by atoms with E-state index in [0.29, 0.717) is 13.0 Å². The average molecular weight is 422 g/mol. The molecule has 1 aliphatic carbocycles. The van der Waals surface area contributed by atoms with Crippen molar-refractivity contribution in [1.82, 2.24) is 14.6 Å². The molecular weight excluding hydrogens is 390 g/mol. The minimum atomic E-state index is -0.808. The van der Waals surface area contributed by atoms with Gasteiger partial charge in [-0.2, -0.15) is 5.10 Å². The molecular formula is C25H31N3O3. The molecule has 1 saturated carbocycles. The van der Waals surface area contributed by atoms with Gasteiger partial charge in [-0.15, -0.1) is 0 Å². The van der Waals surface area contributed by atoms with Crippen molar-refractivity contribution in [3.05, 3.63) is 53.1 Å². The van der Waals surface area contributed by atoms with Gasteiger partial charge in [-0.3, -0.25) is 9.78 Å². The Morgan fingerprint density at radius 1 is 1.23 bits per heavy atom. The fourth-order valence-electron chi connectivity index (χ4n) is 4.59. The second-order valence-corrected chi connectivity index (χ2v) is 8.49. The standard InChI is InChI=1S/C25H31N3O3/c1-3-19-9-11-23-25(18-13-17(2)14-26-15-18)21(10-12-24(29)30)22(27-28(19)23)16-31-20-7-5-4-6-8-20/h9,11,13-15,20H,3-8,10,12,16H2,1-2H3,(H,29,30). The lowest BCUT2D eigenvalue weighted by molar-refractivity contribution is -0.136. The summed E-state index contributed by atoms with van der Waals surface area (Å²) in [5.74, 6) is -0.808. The number of pyridine rings is 1. The third kappa shape index (κ3) is 4.79. The molecule has 0 amide bonds. The largest absolute Gasteiger partial charge is 0.481 e. The molecule has 3 aromatic heterocycles. The number of rotatable bonds is 8. The molecule has 4 rings (SSSR count). The number of fused-ring (bicyclic) bond motifs is 1. The molecule has 3 heterocycles. The number of carboxylic acids is 1. The Balaban J connectivity index is 1.84. The van der Waals surface area contributed by atoms with E-state index in [1.807, 2.05) is 23.8 Å². The summed E-state index contributed by atoms with van der Waals surface area (Å²) in [5.41, 5.74) is 6.99. The van der Waals surface area contributed by atoms with Gasteiger partial charge >= 0.3 is 5.97 Å². The monoisotopic (exact) mass is 421 g/mol. The number of ether oxygens (including phenoxy) is 1. The van der Waals surface area contributed by atoms with E-state index in [1.54, 1.807) is 0 Å². The van der Waals surface area contributed by atoms with Crippen LogP contribution in [-0.2, 0) is 29.0 Å². The van der Waals surface area contributed by atoms with Crippen LogP contribution in [0.25, 0.3) is 16.6 Å². The van der Waals surface area contributed by atoms with E-state index in [1.165, 1.54) is 19.3 Å². The van der Waals surface area contributed by atoms with E-state index in [0.717, 1.165) is 58.4 Å². The Bertz CT molecular complexity index is 1070. The summed E-state index contributed by atoms with van der Waals surface area (Å²) in [6, 6.07) is 6.29. The SMILES string of the molecule is CCc1ccc2c(-c3cncc(C)c3)c(CCC(=O)O)c(COC3CCCCC3)nn12. The molecule has 0 saturated heterocycles. The van der Waals surface area contributed by atoms with Gasteiger partial charge in [-0.05, 0) is 61.9 Å². The molecule has 1 N–H and O–H groups in total. The Morgan fingerprint density at radius 2 is 2.03 bits per heavy atom. The van der Waals surface area contributed by atoms with Crippen molar-refractivity contribution in [2.45, 2.75) is 77.9 Å². The van der Waals surface area contributed by atoms with Crippen LogP contribution < -0.4 is 0 Å². The van der Waals surface area contributed by atoms with Crippen LogP contribution in [-0.4, -0.2) is 31.8 Å². The van der Waals surface area contributed by atoms with Crippen molar-refractivity contribution >= 4 is 11.5 Å². The first-order valence-electron chi connectivity index (χ1n) is 11.3. The van der Waals surface area contributed by atoms with Gasteiger partial charge in [0.15, 0.2) is 0 Å². The molecule has 0 bridgehead atoms. The molecule has 0 atom stereocenters. The molecule has 6 heteroatoms. The fraction of sp³-hybridized carbons (Fsp3) is 0.480. The zero-order valence-corrected chi connectivity index (χ0v) is 18.4. The van der Waals surface area contributed by atoms with Crippen LogP contribution in [0.3, 0.4) is 0 Å². The highest BCUT2D eigenvalue weighted by atomic mass is 16.5. The van der Waals surface area contributed by atoms with Crippen molar-refractivity contribution in [3.8, 4) is 11.1 Å². The van der Waals surface area contributed by atoms with Crippen LogP contribution in [0.15, 0.2) is 30.6 Å². The molecule has 0 aromatic carbocycles. The maximum absolute atomic E-state index is 11.4. The molecule has 1 aliphatic rings. The Hall–Kier alpha value is -2.73. The van der Waals surface area contributed by atoms with E-state index >= 15 is 0 Å². The Kier molecular flexibility index (Phi) is 6.66. The predicted octanol–water partition coefficient (Wildman–Crippen LogP) is 5.13. The number of carboxylic acid groups (broad SMARTS) is 1. The molecule has 3 aromatic rings. The maximum atomic E-state index is 11.4. The topological polar surface area (TPSA) is 76.7 Å². The lowest BCUT2D eigenvalue weighted by atomic mass is 9.95. The third-order valence-electron chi connectivity index (χ3n) is 6.18. The van der Waals surface area contributed by atoms with Gasteiger partial charge in [0, 0.05) is 35.6 Å². The van der Waals surface area contributed by atoms with E-state index in [2.05, 4.69) is 30.1 Å². The zero-order chi connectivity index (χ0) is 21.8. The first kappa shape index (κ1) is 21.5. The van der Waals surface area contributed by atoms with Gasteiger partial charge in [0.1, 0.15) is 0 Å². The summed E-state index contributed by atoms with van der Waals surface area (Å²) in [6.45, 7) is 4.55. The van der Waals surface area contributed by atoms with Crippen molar-refractivity contribution in [3.63, 3.8) is 0 Å². The smallest absolute Gasteiger partial charge is 0.303 e. The molecule has 0 radical (unpaired) electrons. The maximum Gasteiger partial charge on any atom is 0.303 e. The van der Waals surface area contributed by atoms with E-state index in [9.17, 15) is 9.90 Å². The first-order chi connectivity index (χ1) is 15.1. The van der Waals surface area contributed by atoms with Crippen LogP contribution in [0.5, 0.6) is 0 Å². The Morgan fingerprint density at radius 3 is 2.74 bits per heavy atom. The highest BCUT2D eigenvalue weighted by Gasteiger charge is 2.21. The van der Waals surface area contributed by atoms with Gasteiger partial charge in [-0.25, -0.2) is 4.52 Å². The fourth-order valence-corrected chi connectivity index (χ4v) is 4.59. The third-order valence-corrected chi connectivity index (χ3v) is 6.18. The van der Waals surface area contributed by atoms with Crippen LogP contribution >= 0.6 is 0 Å². The van der Waals surface area contributed by atoms with Gasteiger partial charge < -0.3 is 9.84 Å². The lowest BCUT2D eigenvalue weighted by Crippen LogP contribution is -2.18. The van der Waals surface area contributed by atoms with Crippen LogP contribution in [0, 0.1) is 6.92 Å². The van der Waals surface area contributed by atoms with Gasteiger partial charge in [-0.1, -0.05) is 26.2 Å². The van der Waals surface area contributed by atoms with Crippen LogP contribution in [0.4, 0.5) is 0 Å². The number of carbonyl (C=O) groups is 1. The van der Waals surface area contributed by atoms with Crippen molar-refractivity contribution in [2.75, 3.05) is 0 Å². The molecule has 0 aliphatic heterocycles. The summed E-state index contributed by atoms with van der Waals surface area (Å²) >= 11 is 0. The summed E-state index contributed by atoms with van der Waals surface area (Å²) in [4.78, 5) is 15.8. The Labute approximate surface area is 183 Å². The normalized spacial score (nSPS) is 14.9. The lowest BCUT2D eigenvalue weighted by Gasteiger charge is -2.23. The minimum absolute atomic E-state index is 0.0574. The number of aryl methyl sites for hydroxylation is 2. The van der Waals surface area contributed by atoms with E-state index in [4.69, 9.17) is 9.84 Å². The molecule has 31 heavy (non-hydrogen) atoms. The second-order valence-electron chi connectivity index (χ2n) is 8.49. The molecule has 0 spiro atoms. The molecule has 1 fully saturated rings. The van der Waals surface area contributed by atoms with E-state index in [-0.39, 0.29) is 12.5 Å². The number of aliphatic carboxylic acids is 1.